The van der Waals surface area contributed by atoms with E-state index in [1.54, 1.807) is 18.3 Å². The molecule has 1 fully saturated rings. The van der Waals surface area contributed by atoms with Gasteiger partial charge in [0, 0.05) is 12.2 Å². The van der Waals surface area contributed by atoms with Gasteiger partial charge in [0.25, 0.3) is 0 Å². The minimum atomic E-state index is 0.407. The number of nitrogens with one attached hydrogen (secondary N) is 1. The van der Waals surface area contributed by atoms with E-state index in [9.17, 15) is 0 Å². The van der Waals surface area contributed by atoms with Gasteiger partial charge in [0.1, 0.15) is 11.6 Å². The van der Waals surface area contributed by atoms with Crippen LogP contribution in [0.5, 0.6) is 5.88 Å². The number of nitrogens with two attached hydrogens (primary N) is 1. The van der Waals surface area contributed by atoms with Crippen molar-refractivity contribution in [3.05, 3.63) is 23.4 Å². The van der Waals surface area contributed by atoms with Crippen LogP contribution >= 0.6 is 11.6 Å². The first-order valence-corrected chi connectivity index (χ1v) is 5.93. The summed E-state index contributed by atoms with van der Waals surface area (Å²) >= 11 is 5.88. The van der Waals surface area contributed by atoms with Crippen LogP contribution in [-0.2, 0) is 0 Å². The molecule has 2 rings (SSSR count). The molecule has 0 radical (unpaired) electrons. The summed E-state index contributed by atoms with van der Waals surface area (Å²) in [6, 6.07) is 4.01. The van der Waals surface area contributed by atoms with Crippen LogP contribution in [0.4, 0.5) is 0 Å². The number of ether oxygens (including phenoxy) is 1. The monoisotopic (exact) mass is 254 g/mol. The lowest BCUT2D eigenvalue weighted by molar-refractivity contribution is 0.316. The maximum absolute atomic E-state index is 5.88. The summed E-state index contributed by atoms with van der Waals surface area (Å²) in [6.07, 6.45) is 3.99. The van der Waals surface area contributed by atoms with Gasteiger partial charge >= 0.3 is 0 Å². The molecule has 6 heteroatoms. The Morgan fingerprint density at radius 1 is 1.65 bits per heavy atom. The Kier molecular flexibility index (Phi) is 4.03. The van der Waals surface area contributed by atoms with E-state index in [2.05, 4.69) is 15.3 Å². The molecule has 1 aliphatic carbocycles. The first-order valence-electron chi connectivity index (χ1n) is 5.55. The summed E-state index contributed by atoms with van der Waals surface area (Å²) in [7, 11) is 0. The van der Waals surface area contributed by atoms with Crippen LogP contribution in [0.1, 0.15) is 12.8 Å². The molecule has 1 heterocycles. The number of hydrogen-bond donors (Lipinski definition) is 2. The predicted octanol–water partition coefficient (Wildman–Crippen LogP) is 1.18. The van der Waals surface area contributed by atoms with Gasteiger partial charge in [-0.25, -0.2) is 9.98 Å². The highest BCUT2D eigenvalue weighted by Crippen LogP contribution is 2.19. The van der Waals surface area contributed by atoms with Crippen LogP contribution in [0.2, 0.25) is 5.02 Å². The molecule has 1 aliphatic rings. The number of pyridine rings is 1. The van der Waals surface area contributed by atoms with E-state index in [-0.39, 0.29) is 0 Å². The average molecular weight is 255 g/mol. The van der Waals surface area contributed by atoms with E-state index < -0.39 is 0 Å². The van der Waals surface area contributed by atoms with Gasteiger partial charge in [0.05, 0.1) is 6.54 Å². The van der Waals surface area contributed by atoms with Crippen molar-refractivity contribution in [2.45, 2.75) is 18.9 Å². The van der Waals surface area contributed by atoms with Gasteiger partial charge in [-0.1, -0.05) is 11.6 Å². The molecular weight excluding hydrogens is 240 g/mol. The molecule has 1 aromatic rings. The standard InChI is InChI=1S/C11H15ClN4O/c12-9-2-1-5-14-10(9)17-7-6-15-11(13)16-8-3-4-8/h1-2,5,8H,3-4,6-7H2,(H3,13,15,16). The third kappa shape index (κ3) is 4.11. The summed E-state index contributed by atoms with van der Waals surface area (Å²) < 4.78 is 5.37. The van der Waals surface area contributed by atoms with Crippen molar-refractivity contribution < 1.29 is 4.74 Å². The number of rotatable bonds is 5. The highest BCUT2D eigenvalue weighted by molar-refractivity contribution is 6.31. The molecule has 0 bridgehead atoms. The van der Waals surface area contributed by atoms with E-state index in [4.69, 9.17) is 22.1 Å². The van der Waals surface area contributed by atoms with Crippen molar-refractivity contribution >= 4 is 17.6 Å². The average Bonchev–Trinajstić information content (AvgIpc) is 3.10. The minimum absolute atomic E-state index is 0.407. The lowest BCUT2D eigenvalue weighted by Crippen LogP contribution is -2.33. The zero-order valence-electron chi connectivity index (χ0n) is 9.40. The molecule has 0 atom stereocenters. The fourth-order valence-electron chi connectivity index (χ4n) is 1.27. The summed E-state index contributed by atoms with van der Waals surface area (Å²) in [6.45, 7) is 0.891. The van der Waals surface area contributed by atoms with Crippen LogP contribution in [0, 0.1) is 0 Å². The van der Waals surface area contributed by atoms with E-state index in [0.717, 1.165) is 0 Å². The maximum atomic E-state index is 5.88. The Balaban J connectivity index is 1.70. The van der Waals surface area contributed by atoms with Crippen molar-refractivity contribution in [2.24, 2.45) is 10.7 Å². The Morgan fingerprint density at radius 3 is 3.18 bits per heavy atom. The third-order valence-electron chi connectivity index (χ3n) is 2.27. The van der Waals surface area contributed by atoms with Gasteiger partial charge in [-0.15, -0.1) is 0 Å². The number of halogens is 1. The van der Waals surface area contributed by atoms with Crippen LogP contribution in [0.15, 0.2) is 23.3 Å². The predicted molar refractivity (Wildman–Crippen MR) is 67.4 cm³/mol. The minimum Gasteiger partial charge on any atom is -0.475 e. The van der Waals surface area contributed by atoms with E-state index in [1.807, 2.05) is 0 Å². The lowest BCUT2D eigenvalue weighted by atomic mass is 10.5. The highest BCUT2D eigenvalue weighted by Gasteiger charge is 2.21. The SMILES string of the molecule is NC(=NCCOc1ncccc1Cl)NC1CC1. The number of aliphatic imine (C=N–C) groups is 1. The quantitative estimate of drug-likeness (QED) is 0.470. The second-order valence-corrected chi connectivity index (χ2v) is 4.23. The van der Waals surface area contributed by atoms with Crippen molar-refractivity contribution in [3.63, 3.8) is 0 Å². The molecule has 5 nitrogen and oxygen atoms in total. The largest absolute Gasteiger partial charge is 0.475 e. The topological polar surface area (TPSA) is 72.5 Å². The zero-order valence-corrected chi connectivity index (χ0v) is 10.2. The molecule has 92 valence electrons. The van der Waals surface area contributed by atoms with Gasteiger partial charge < -0.3 is 15.8 Å². The molecule has 17 heavy (non-hydrogen) atoms. The second-order valence-electron chi connectivity index (χ2n) is 3.82. The third-order valence-corrected chi connectivity index (χ3v) is 2.55. The second kappa shape index (κ2) is 5.72. The van der Waals surface area contributed by atoms with Gasteiger partial charge in [0.15, 0.2) is 5.96 Å². The van der Waals surface area contributed by atoms with Gasteiger partial charge in [-0.3, -0.25) is 0 Å². The Labute approximate surface area is 105 Å². The molecule has 0 unspecified atom stereocenters. The van der Waals surface area contributed by atoms with E-state index in [0.29, 0.717) is 36.1 Å². The number of hydrogen-bond acceptors (Lipinski definition) is 3. The van der Waals surface area contributed by atoms with Crippen molar-refractivity contribution in [2.75, 3.05) is 13.2 Å². The Morgan fingerprint density at radius 2 is 2.47 bits per heavy atom. The fourth-order valence-corrected chi connectivity index (χ4v) is 1.44. The van der Waals surface area contributed by atoms with Crippen molar-refractivity contribution in [3.8, 4) is 5.88 Å². The van der Waals surface area contributed by atoms with E-state index >= 15 is 0 Å². The first-order chi connectivity index (χ1) is 8.25. The molecule has 0 aromatic carbocycles. The number of nitrogens with zero attached hydrogens (tertiary/aromatic N) is 2. The normalized spacial score (nSPS) is 15.7. The molecule has 0 spiro atoms. The van der Waals surface area contributed by atoms with Crippen LogP contribution in [0.25, 0.3) is 0 Å². The number of aromatic nitrogens is 1. The molecule has 3 N–H and O–H groups in total. The molecule has 0 aliphatic heterocycles. The molecule has 0 saturated heterocycles. The molecule has 1 aromatic heterocycles. The number of guanidine groups is 1. The summed E-state index contributed by atoms with van der Waals surface area (Å²) in [5.41, 5.74) is 5.67. The van der Waals surface area contributed by atoms with Crippen LogP contribution in [-0.4, -0.2) is 30.1 Å². The maximum Gasteiger partial charge on any atom is 0.232 e. The highest BCUT2D eigenvalue weighted by atomic mass is 35.5. The van der Waals surface area contributed by atoms with Crippen LogP contribution < -0.4 is 15.8 Å². The van der Waals surface area contributed by atoms with Crippen molar-refractivity contribution in [1.29, 1.82) is 0 Å². The fraction of sp³-hybridized carbons (Fsp3) is 0.455. The summed E-state index contributed by atoms with van der Waals surface area (Å²) in [4.78, 5) is 8.14. The zero-order chi connectivity index (χ0) is 12.1. The van der Waals surface area contributed by atoms with Crippen LogP contribution in [0.3, 0.4) is 0 Å². The van der Waals surface area contributed by atoms with Gasteiger partial charge in [0.2, 0.25) is 5.88 Å². The summed E-state index contributed by atoms with van der Waals surface area (Å²) in [5.74, 6) is 0.904. The smallest absolute Gasteiger partial charge is 0.232 e. The Hall–Kier alpha value is -1.49. The van der Waals surface area contributed by atoms with Crippen molar-refractivity contribution in [1.82, 2.24) is 10.3 Å². The molecule has 1 saturated carbocycles. The first kappa shape index (κ1) is 12.0. The molecule has 0 amide bonds. The Bertz CT molecular complexity index is 406. The van der Waals surface area contributed by atoms with Gasteiger partial charge in [-0.2, -0.15) is 0 Å². The summed E-state index contributed by atoms with van der Waals surface area (Å²) in [5, 5.41) is 3.59. The van der Waals surface area contributed by atoms with E-state index in [1.165, 1.54) is 12.8 Å². The van der Waals surface area contributed by atoms with Gasteiger partial charge in [-0.05, 0) is 25.0 Å². The lowest BCUT2D eigenvalue weighted by Gasteiger charge is -2.05. The molecular formula is C11H15ClN4O.